The normalized spacial score (nSPS) is 19.4. The number of anilines is 1. The molecule has 1 atom stereocenters. The fraction of sp³-hybridized carbons (Fsp3) is 0.174. The van der Waals surface area contributed by atoms with Crippen LogP contribution < -0.4 is 11.1 Å². The summed E-state index contributed by atoms with van der Waals surface area (Å²) in [6.45, 7) is 1.44. The van der Waals surface area contributed by atoms with E-state index in [9.17, 15) is 14.4 Å². The van der Waals surface area contributed by atoms with Crippen molar-refractivity contribution in [2.45, 2.75) is 18.9 Å². The molecule has 1 spiro atoms. The summed E-state index contributed by atoms with van der Waals surface area (Å²) in [4.78, 5) is 39.6. The van der Waals surface area contributed by atoms with Gasteiger partial charge in [-0.2, -0.15) is 0 Å². The molecule has 164 valence electrons. The van der Waals surface area contributed by atoms with Crippen LogP contribution in [0, 0.1) is 0 Å². The van der Waals surface area contributed by atoms with Gasteiger partial charge in [0.25, 0.3) is 0 Å². The van der Waals surface area contributed by atoms with Gasteiger partial charge >= 0.3 is 17.9 Å². The molecule has 0 radical (unpaired) electrons. The first-order valence-electron chi connectivity index (χ1n) is 9.61. The Labute approximate surface area is 192 Å². The fourth-order valence-corrected chi connectivity index (χ4v) is 4.40. The molecule has 0 fully saturated rings. The molecule has 2 aliphatic heterocycles. The standard InChI is InChI=1S/C23H19BrN2O6/c1-12-17(21(28)31-11-13-6-4-3-5-7-13)23(22(29)32-12)15-10-14(24)8-9-16(15)26-19(25)18(23)20(27)30-2/h3-10,26H,11,25H2,1-2H3/t23-/m0/s1. The minimum absolute atomic E-state index is 0.0232. The van der Waals surface area contributed by atoms with Gasteiger partial charge in [-0.1, -0.05) is 46.3 Å². The number of cyclic esters (lactones) is 1. The number of allylic oxidation sites excluding steroid dienone is 1. The maximum Gasteiger partial charge on any atom is 0.339 e. The Morgan fingerprint density at radius 2 is 1.84 bits per heavy atom. The second-order valence-corrected chi connectivity index (χ2v) is 8.14. The number of carbonyl (C=O) groups is 3. The van der Waals surface area contributed by atoms with E-state index in [0.29, 0.717) is 15.7 Å². The van der Waals surface area contributed by atoms with Crippen LogP contribution in [0.3, 0.4) is 0 Å². The Balaban J connectivity index is 1.90. The van der Waals surface area contributed by atoms with Crippen molar-refractivity contribution < 1.29 is 28.6 Å². The van der Waals surface area contributed by atoms with Crippen LogP contribution in [-0.2, 0) is 40.6 Å². The first-order chi connectivity index (χ1) is 15.3. The molecule has 2 aromatic carbocycles. The number of hydrogen-bond donors (Lipinski definition) is 2. The van der Waals surface area contributed by atoms with Gasteiger partial charge in [-0.15, -0.1) is 0 Å². The SMILES string of the molecule is COC(=O)C1=C(N)Nc2ccc(Br)cc2[C@@]12C(=O)OC(C)=C2C(=O)OCc1ccccc1. The van der Waals surface area contributed by atoms with Crippen LogP contribution in [0.5, 0.6) is 0 Å². The van der Waals surface area contributed by atoms with Crippen molar-refractivity contribution in [1.29, 1.82) is 0 Å². The molecule has 0 saturated carbocycles. The minimum Gasteiger partial charge on any atom is -0.466 e. The molecule has 0 bridgehead atoms. The average molecular weight is 499 g/mol. The van der Waals surface area contributed by atoms with Crippen molar-refractivity contribution in [3.8, 4) is 0 Å². The molecule has 2 aliphatic rings. The van der Waals surface area contributed by atoms with E-state index in [4.69, 9.17) is 19.9 Å². The topological polar surface area (TPSA) is 117 Å². The first-order valence-corrected chi connectivity index (χ1v) is 10.4. The van der Waals surface area contributed by atoms with Crippen LogP contribution in [0.1, 0.15) is 18.1 Å². The van der Waals surface area contributed by atoms with E-state index >= 15 is 0 Å². The van der Waals surface area contributed by atoms with Gasteiger partial charge in [0.15, 0.2) is 5.41 Å². The predicted molar refractivity (Wildman–Crippen MR) is 118 cm³/mol. The smallest absolute Gasteiger partial charge is 0.339 e. The summed E-state index contributed by atoms with van der Waals surface area (Å²) in [6, 6.07) is 14.1. The van der Waals surface area contributed by atoms with Crippen LogP contribution in [0.2, 0.25) is 0 Å². The first kappa shape index (κ1) is 21.6. The monoisotopic (exact) mass is 498 g/mol. The number of rotatable bonds is 4. The lowest BCUT2D eigenvalue weighted by molar-refractivity contribution is -0.146. The lowest BCUT2D eigenvalue weighted by Gasteiger charge is -2.36. The van der Waals surface area contributed by atoms with Gasteiger partial charge in [-0.3, -0.25) is 0 Å². The number of halogens is 1. The van der Waals surface area contributed by atoms with Gasteiger partial charge in [0.2, 0.25) is 0 Å². The second-order valence-electron chi connectivity index (χ2n) is 7.23. The maximum atomic E-state index is 13.4. The zero-order chi connectivity index (χ0) is 23.0. The summed E-state index contributed by atoms with van der Waals surface area (Å²) in [5.74, 6) is -2.62. The highest BCUT2D eigenvalue weighted by Crippen LogP contribution is 2.53. The Bertz CT molecular complexity index is 1200. The van der Waals surface area contributed by atoms with Gasteiger partial charge in [0.05, 0.1) is 7.11 Å². The van der Waals surface area contributed by atoms with Crippen LogP contribution in [0.4, 0.5) is 5.69 Å². The number of fused-ring (bicyclic) bond motifs is 2. The Morgan fingerprint density at radius 1 is 1.12 bits per heavy atom. The van der Waals surface area contributed by atoms with E-state index in [-0.39, 0.29) is 29.3 Å². The van der Waals surface area contributed by atoms with E-state index in [1.165, 1.54) is 6.92 Å². The second kappa shape index (κ2) is 8.16. The van der Waals surface area contributed by atoms with Gasteiger partial charge < -0.3 is 25.3 Å². The van der Waals surface area contributed by atoms with Gasteiger partial charge in [0, 0.05) is 15.7 Å². The molecule has 32 heavy (non-hydrogen) atoms. The lowest BCUT2D eigenvalue weighted by atomic mass is 9.67. The number of benzene rings is 2. The van der Waals surface area contributed by atoms with Crippen molar-refractivity contribution in [3.05, 3.63) is 86.9 Å². The summed E-state index contributed by atoms with van der Waals surface area (Å²) < 4.78 is 16.5. The number of esters is 3. The van der Waals surface area contributed by atoms with Crippen LogP contribution >= 0.6 is 15.9 Å². The molecule has 0 aliphatic carbocycles. The van der Waals surface area contributed by atoms with Gasteiger partial charge in [-0.05, 0) is 30.7 Å². The molecule has 0 amide bonds. The van der Waals surface area contributed by atoms with Crippen molar-refractivity contribution in [2.75, 3.05) is 12.4 Å². The third kappa shape index (κ3) is 3.25. The summed E-state index contributed by atoms with van der Waals surface area (Å²) in [5.41, 5.74) is 5.38. The summed E-state index contributed by atoms with van der Waals surface area (Å²) in [6.07, 6.45) is 0. The quantitative estimate of drug-likeness (QED) is 0.487. The van der Waals surface area contributed by atoms with E-state index in [1.807, 2.05) is 18.2 Å². The third-order valence-corrected chi connectivity index (χ3v) is 5.88. The molecule has 0 saturated heterocycles. The van der Waals surface area contributed by atoms with E-state index < -0.39 is 23.3 Å². The highest BCUT2D eigenvalue weighted by Gasteiger charge is 2.62. The molecule has 0 unspecified atom stereocenters. The fourth-order valence-electron chi connectivity index (χ4n) is 4.04. The molecule has 2 heterocycles. The largest absolute Gasteiger partial charge is 0.466 e. The number of carbonyl (C=O) groups excluding carboxylic acids is 3. The summed E-state index contributed by atoms with van der Waals surface area (Å²) >= 11 is 3.39. The molecular weight excluding hydrogens is 480 g/mol. The Morgan fingerprint density at radius 3 is 2.53 bits per heavy atom. The van der Waals surface area contributed by atoms with Crippen molar-refractivity contribution in [3.63, 3.8) is 0 Å². The molecule has 8 nitrogen and oxygen atoms in total. The van der Waals surface area contributed by atoms with E-state index in [1.54, 1.807) is 30.3 Å². The van der Waals surface area contributed by atoms with Crippen LogP contribution in [-0.4, -0.2) is 25.0 Å². The third-order valence-electron chi connectivity index (χ3n) is 5.38. The highest BCUT2D eigenvalue weighted by atomic mass is 79.9. The number of nitrogens with one attached hydrogen (secondary N) is 1. The van der Waals surface area contributed by atoms with Crippen molar-refractivity contribution in [2.24, 2.45) is 5.73 Å². The summed E-state index contributed by atoms with van der Waals surface area (Å²) in [5, 5.41) is 2.91. The Hall–Kier alpha value is -3.59. The average Bonchev–Trinajstić information content (AvgIpc) is 3.03. The van der Waals surface area contributed by atoms with E-state index in [0.717, 1.165) is 12.7 Å². The number of ether oxygens (including phenoxy) is 3. The Kier molecular flexibility index (Phi) is 5.52. The molecule has 3 N–H and O–H groups in total. The zero-order valence-electron chi connectivity index (χ0n) is 17.2. The van der Waals surface area contributed by atoms with Crippen LogP contribution in [0.25, 0.3) is 0 Å². The van der Waals surface area contributed by atoms with Gasteiger partial charge in [-0.25, -0.2) is 14.4 Å². The summed E-state index contributed by atoms with van der Waals surface area (Å²) in [7, 11) is 1.16. The molecule has 4 rings (SSSR count). The highest BCUT2D eigenvalue weighted by molar-refractivity contribution is 9.10. The maximum absolute atomic E-state index is 13.4. The lowest BCUT2D eigenvalue weighted by Crippen LogP contribution is -2.47. The molecule has 9 heteroatoms. The van der Waals surface area contributed by atoms with Gasteiger partial charge in [0.1, 0.15) is 29.3 Å². The predicted octanol–water partition coefficient (Wildman–Crippen LogP) is 3.03. The molecule has 0 aromatic heterocycles. The minimum atomic E-state index is -1.95. The number of hydrogen-bond acceptors (Lipinski definition) is 8. The zero-order valence-corrected chi connectivity index (χ0v) is 18.8. The van der Waals surface area contributed by atoms with E-state index in [2.05, 4.69) is 21.2 Å². The van der Waals surface area contributed by atoms with Crippen LogP contribution in [0.15, 0.2) is 75.7 Å². The van der Waals surface area contributed by atoms with Crippen molar-refractivity contribution in [1.82, 2.24) is 0 Å². The van der Waals surface area contributed by atoms with Crippen molar-refractivity contribution >= 4 is 39.5 Å². The molecular formula is C23H19BrN2O6. The number of methoxy groups -OCH3 is 1. The number of nitrogens with two attached hydrogens (primary N) is 1. The molecule has 2 aromatic rings.